The van der Waals surface area contributed by atoms with Crippen LogP contribution in [0.1, 0.15) is 51.0 Å². The van der Waals surface area contributed by atoms with Crippen LogP contribution in [0.25, 0.3) is 0 Å². The van der Waals surface area contributed by atoms with Gasteiger partial charge in [0.25, 0.3) is 5.91 Å². The highest BCUT2D eigenvalue weighted by Gasteiger charge is 2.61. The molecule has 0 saturated heterocycles. The molecule has 152 valence electrons. The summed E-state index contributed by atoms with van der Waals surface area (Å²) in [5, 5.41) is 13.6. The standard InChI is InChI=1S/C22H29NO5/c1-13-4-5-18(27-3)17(6-13)23-19(24)14(2)28-20(25)21-8-15-7-16(9-21)11-22(26,10-15)12-21/h4-6,14-16,26H,7-12H2,1-3H3,(H,23,24)/t14-,15-,16+,21?,22?/m0/s1. The molecule has 0 radical (unpaired) electrons. The lowest BCUT2D eigenvalue weighted by Crippen LogP contribution is -2.59. The van der Waals surface area contributed by atoms with Crippen molar-refractivity contribution in [3.05, 3.63) is 23.8 Å². The van der Waals surface area contributed by atoms with E-state index in [1.165, 1.54) is 0 Å². The van der Waals surface area contributed by atoms with Gasteiger partial charge in [0, 0.05) is 0 Å². The summed E-state index contributed by atoms with van der Waals surface area (Å²) in [6.07, 6.45) is 3.77. The largest absolute Gasteiger partial charge is 0.495 e. The molecule has 2 unspecified atom stereocenters. The Morgan fingerprint density at radius 1 is 1.21 bits per heavy atom. The lowest BCUT2D eigenvalue weighted by Gasteiger charge is -2.58. The molecule has 5 rings (SSSR count). The molecule has 0 spiro atoms. The van der Waals surface area contributed by atoms with E-state index in [0.717, 1.165) is 37.7 Å². The summed E-state index contributed by atoms with van der Waals surface area (Å²) >= 11 is 0. The third-order valence-corrected chi connectivity index (χ3v) is 6.73. The number of ether oxygens (including phenoxy) is 2. The van der Waals surface area contributed by atoms with E-state index in [9.17, 15) is 14.7 Å². The van der Waals surface area contributed by atoms with Crippen molar-refractivity contribution < 1.29 is 24.2 Å². The molecule has 1 amide bonds. The quantitative estimate of drug-likeness (QED) is 0.758. The number of anilines is 1. The van der Waals surface area contributed by atoms with E-state index in [1.807, 2.05) is 19.1 Å². The van der Waals surface area contributed by atoms with Crippen molar-refractivity contribution in [2.24, 2.45) is 17.3 Å². The van der Waals surface area contributed by atoms with Crippen LogP contribution in [0.15, 0.2) is 18.2 Å². The summed E-state index contributed by atoms with van der Waals surface area (Å²) in [6.45, 7) is 3.51. The normalized spacial score (nSPS) is 34.0. The third kappa shape index (κ3) is 3.39. The zero-order valence-corrected chi connectivity index (χ0v) is 16.8. The number of carbonyl (C=O) groups is 2. The molecule has 28 heavy (non-hydrogen) atoms. The van der Waals surface area contributed by atoms with Gasteiger partial charge in [0.05, 0.1) is 23.8 Å². The molecule has 6 nitrogen and oxygen atoms in total. The predicted octanol–water partition coefficient (Wildman–Crippen LogP) is 3.21. The van der Waals surface area contributed by atoms with E-state index in [2.05, 4.69) is 5.32 Å². The van der Waals surface area contributed by atoms with E-state index >= 15 is 0 Å². The van der Waals surface area contributed by atoms with Gasteiger partial charge < -0.3 is 19.9 Å². The molecule has 0 aromatic heterocycles. The number of aliphatic hydroxyl groups is 1. The predicted molar refractivity (Wildman–Crippen MR) is 104 cm³/mol. The molecule has 1 aromatic carbocycles. The minimum Gasteiger partial charge on any atom is -0.495 e. The zero-order valence-electron chi connectivity index (χ0n) is 16.8. The Bertz CT molecular complexity index is 790. The van der Waals surface area contributed by atoms with Gasteiger partial charge in [0.15, 0.2) is 6.10 Å². The average Bonchev–Trinajstić information content (AvgIpc) is 2.59. The molecular weight excluding hydrogens is 358 g/mol. The van der Waals surface area contributed by atoms with Crippen LogP contribution in [0, 0.1) is 24.2 Å². The zero-order chi connectivity index (χ0) is 20.1. The van der Waals surface area contributed by atoms with E-state index in [4.69, 9.17) is 9.47 Å². The number of rotatable bonds is 5. The second kappa shape index (κ2) is 6.76. The maximum atomic E-state index is 13.0. The molecule has 2 N–H and O–H groups in total. The number of esters is 1. The number of benzene rings is 1. The minimum absolute atomic E-state index is 0.334. The highest BCUT2D eigenvalue weighted by molar-refractivity contribution is 5.96. The van der Waals surface area contributed by atoms with Crippen molar-refractivity contribution in [2.45, 2.75) is 64.1 Å². The maximum absolute atomic E-state index is 13.0. The Kier molecular flexibility index (Phi) is 4.65. The molecular formula is C22H29NO5. The van der Waals surface area contributed by atoms with Crippen LogP contribution in [0.2, 0.25) is 0 Å². The van der Waals surface area contributed by atoms with Crippen LogP contribution < -0.4 is 10.1 Å². The van der Waals surface area contributed by atoms with Crippen molar-refractivity contribution in [3.63, 3.8) is 0 Å². The van der Waals surface area contributed by atoms with Crippen molar-refractivity contribution in [1.82, 2.24) is 0 Å². The fourth-order valence-corrected chi connectivity index (χ4v) is 5.95. The number of methoxy groups -OCH3 is 1. The highest BCUT2D eigenvalue weighted by Crippen LogP contribution is 2.62. The maximum Gasteiger partial charge on any atom is 0.312 e. The van der Waals surface area contributed by atoms with Gasteiger partial charge in [0.1, 0.15) is 5.75 Å². The highest BCUT2D eigenvalue weighted by atomic mass is 16.5. The Hall–Kier alpha value is -2.08. The Morgan fingerprint density at radius 3 is 2.50 bits per heavy atom. The average molecular weight is 387 g/mol. The van der Waals surface area contributed by atoms with Gasteiger partial charge in [-0.15, -0.1) is 0 Å². The van der Waals surface area contributed by atoms with Gasteiger partial charge >= 0.3 is 5.97 Å². The fraction of sp³-hybridized carbons (Fsp3) is 0.636. The van der Waals surface area contributed by atoms with Gasteiger partial charge in [-0.1, -0.05) is 6.07 Å². The summed E-state index contributed by atoms with van der Waals surface area (Å²) in [5.74, 6) is 0.610. The van der Waals surface area contributed by atoms with Crippen LogP contribution in [0.4, 0.5) is 5.69 Å². The van der Waals surface area contributed by atoms with E-state index in [1.54, 1.807) is 20.1 Å². The van der Waals surface area contributed by atoms with Crippen molar-refractivity contribution >= 4 is 17.6 Å². The molecule has 4 aliphatic carbocycles. The number of hydrogen-bond acceptors (Lipinski definition) is 5. The first-order chi connectivity index (χ1) is 13.2. The van der Waals surface area contributed by atoms with E-state index in [0.29, 0.717) is 29.7 Å². The molecule has 4 aliphatic rings. The fourth-order valence-electron chi connectivity index (χ4n) is 5.95. The van der Waals surface area contributed by atoms with Gasteiger partial charge in [-0.25, -0.2) is 0 Å². The summed E-state index contributed by atoms with van der Waals surface area (Å²) in [7, 11) is 1.54. The molecule has 5 atom stereocenters. The van der Waals surface area contributed by atoms with Gasteiger partial charge in [-0.05, 0) is 81.9 Å². The summed E-state index contributed by atoms with van der Waals surface area (Å²) < 4.78 is 10.9. The Balaban J connectivity index is 1.44. The third-order valence-electron chi connectivity index (χ3n) is 6.73. The number of hydrogen-bond donors (Lipinski definition) is 2. The summed E-state index contributed by atoms with van der Waals surface area (Å²) in [5.41, 5.74) is 0.180. The molecule has 0 aliphatic heterocycles. The van der Waals surface area contributed by atoms with Crippen molar-refractivity contribution in [3.8, 4) is 5.75 Å². The molecule has 1 aromatic rings. The first-order valence-corrected chi connectivity index (χ1v) is 10.1. The second-order valence-electron chi connectivity index (χ2n) is 9.21. The van der Waals surface area contributed by atoms with Crippen LogP contribution in [-0.2, 0) is 14.3 Å². The summed E-state index contributed by atoms with van der Waals surface area (Å²) in [4.78, 5) is 25.7. The Morgan fingerprint density at radius 2 is 1.89 bits per heavy atom. The van der Waals surface area contributed by atoms with Crippen LogP contribution >= 0.6 is 0 Å². The van der Waals surface area contributed by atoms with Crippen LogP contribution in [0.5, 0.6) is 5.75 Å². The van der Waals surface area contributed by atoms with Crippen LogP contribution in [-0.4, -0.2) is 35.8 Å². The number of carbonyl (C=O) groups excluding carboxylic acids is 2. The molecule has 4 bridgehead atoms. The second-order valence-corrected chi connectivity index (χ2v) is 9.21. The molecule has 4 saturated carbocycles. The minimum atomic E-state index is -0.916. The lowest BCUT2D eigenvalue weighted by molar-refractivity contribution is -0.199. The SMILES string of the molecule is COc1ccc(C)cc1NC(=O)[C@H](C)OC(=O)C12C[C@@H]3C[C@@H](CC(O)(C3)C1)C2. The smallest absolute Gasteiger partial charge is 0.312 e. The lowest BCUT2D eigenvalue weighted by atomic mass is 9.48. The Labute approximate surface area is 165 Å². The molecule has 6 heteroatoms. The van der Waals surface area contributed by atoms with Gasteiger partial charge in [-0.2, -0.15) is 0 Å². The first-order valence-electron chi connectivity index (χ1n) is 10.1. The summed E-state index contributed by atoms with van der Waals surface area (Å²) in [6, 6.07) is 5.51. The molecule has 4 fully saturated rings. The van der Waals surface area contributed by atoms with Gasteiger partial charge in [-0.3, -0.25) is 9.59 Å². The van der Waals surface area contributed by atoms with Gasteiger partial charge in [0.2, 0.25) is 0 Å². The van der Waals surface area contributed by atoms with E-state index in [-0.39, 0.29) is 11.9 Å². The number of amides is 1. The van der Waals surface area contributed by atoms with Crippen molar-refractivity contribution in [2.75, 3.05) is 12.4 Å². The van der Waals surface area contributed by atoms with Crippen LogP contribution in [0.3, 0.4) is 0 Å². The first kappa shape index (κ1) is 19.2. The molecule has 0 heterocycles. The monoisotopic (exact) mass is 387 g/mol. The number of nitrogens with one attached hydrogen (secondary N) is 1. The topological polar surface area (TPSA) is 84.9 Å². The van der Waals surface area contributed by atoms with Crippen molar-refractivity contribution in [1.29, 1.82) is 0 Å². The van der Waals surface area contributed by atoms with E-state index < -0.39 is 17.1 Å². The number of aryl methyl sites for hydroxylation is 1.